The van der Waals surface area contributed by atoms with Crippen molar-refractivity contribution in [2.24, 2.45) is 17.6 Å². The number of fused-ring (bicyclic) bond motifs is 7. The van der Waals surface area contributed by atoms with Crippen molar-refractivity contribution in [3.63, 3.8) is 0 Å². The van der Waals surface area contributed by atoms with Gasteiger partial charge in [0.25, 0.3) is 8.53 Å². The number of carbonyl (C=O) groups excluding carboxylic acids is 2. The number of amides is 2. The van der Waals surface area contributed by atoms with Gasteiger partial charge in [-0.25, -0.2) is 9.97 Å². The molecule has 7 heterocycles. The lowest BCUT2D eigenvalue weighted by Gasteiger charge is -2.28. The van der Waals surface area contributed by atoms with Crippen molar-refractivity contribution in [1.29, 1.82) is 0 Å². The second-order valence-corrected chi connectivity index (χ2v) is 15.9. The maximum absolute atomic E-state index is 13.2. The Morgan fingerprint density at radius 2 is 1.81 bits per heavy atom. The summed E-state index contributed by atoms with van der Waals surface area (Å²) in [6.45, 7) is 7.97. The van der Waals surface area contributed by atoms with Crippen molar-refractivity contribution >= 4 is 36.9 Å². The van der Waals surface area contributed by atoms with Gasteiger partial charge in [0.2, 0.25) is 23.6 Å². The number of hydrogen-bond acceptors (Lipinski definition) is 10. The van der Waals surface area contributed by atoms with Crippen molar-refractivity contribution in [3.8, 4) is 39.8 Å². The molecule has 1 spiro atoms. The Balaban J connectivity index is 0.000000504. The quantitative estimate of drug-likeness (QED) is 0.121. The van der Waals surface area contributed by atoms with Gasteiger partial charge in [-0.05, 0) is 41.5 Å². The molecule has 0 aliphatic carbocycles. The molecule has 276 valence electrons. The minimum Gasteiger partial charge on any atom is -0.469 e. The van der Waals surface area contributed by atoms with E-state index in [-0.39, 0.29) is 23.6 Å². The van der Waals surface area contributed by atoms with E-state index in [2.05, 4.69) is 28.8 Å². The third kappa shape index (κ3) is 5.09. The molecule has 14 heteroatoms. The number of nitrogens with zero attached hydrogens (tertiary/aromatic N) is 3. The first-order chi connectivity index (χ1) is 25.9. The molecular formula is C40H39N6O7P. The van der Waals surface area contributed by atoms with E-state index in [9.17, 15) is 19.4 Å². The van der Waals surface area contributed by atoms with Gasteiger partial charge in [-0.1, -0.05) is 70.2 Å². The van der Waals surface area contributed by atoms with Crippen molar-refractivity contribution in [2.75, 3.05) is 5.32 Å². The number of benzene rings is 3. The summed E-state index contributed by atoms with van der Waals surface area (Å²) in [4.78, 5) is 53.9. The lowest BCUT2D eigenvalue weighted by Crippen LogP contribution is -2.40. The van der Waals surface area contributed by atoms with Crippen molar-refractivity contribution in [1.82, 2.24) is 19.6 Å². The third-order valence-electron chi connectivity index (χ3n) is 10.6. The zero-order valence-corrected chi connectivity index (χ0v) is 31.0. The van der Waals surface area contributed by atoms with E-state index in [1.165, 1.54) is 4.34 Å². The van der Waals surface area contributed by atoms with Crippen molar-refractivity contribution in [3.05, 3.63) is 95.3 Å². The zero-order chi connectivity index (χ0) is 37.6. The highest BCUT2D eigenvalue weighted by molar-refractivity contribution is 7.43. The summed E-state index contributed by atoms with van der Waals surface area (Å²) >= 11 is 0. The Bertz CT molecular complexity index is 2500. The Morgan fingerprint density at radius 3 is 2.56 bits per heavy atom. The number of carbonyl (C=O) groups is 2. The number of hydrogen-bond donors (Lipinski definition) is 5. The SMILES string of the molecule is CC(C)C1NC(=O)CCc2ccc3c(c2)C24c5cccc(c5NC2O3)-c2cccc3c2c(cn3P(O)O)-c2cnc(o2)-c2nc1oc24.CC(C)CC(N)=O. The molecule has 0 fully saturated rings. The van der Waals surface area contributed by atoms with Crippen LogP contribution in [0.5, 0.6) is 5.75 Å². The summed E-state index contributed by atoms with van der Waals surface area (Å²) < 4.78 is 21.7. The largest absolute Gasteiger partial charge is 0.469 e. The molecule has 0 saturated heterocycles. The molecule has 4 aliphatic rings. The highest BCUT2D eigenvalue weighted by Gasteiger charge is 2.61. The minimum atomic E-state index is -2.48. The Labute approximate surface area is 311 Å². The van der Waals surface area contributed by atoms with Crippen LogP contribution in [0.1, 0.15) is 74.9 Å². The molecule has 3 aromatic heterocycles. The fraction of sp³-hybridized carbons (Fsp3) is 0.300. The minimum absolute atomic E-state index is 0.0278. The molecule has 4 aliphatic heterocycles. The third-order valence-corrected chi connectivity index (χ3v) is 11.4. The number of primary amides is 1. The molecule has 10 rings (SSSR count). The summed E-state index contributed by atoms with van der Waals surface area (Å²) in [6, 6.07) is 17.6. The molecule has 54 heavy (non-hydrogen) atoms. The number of rotatable bonds is 4. The van der Waals surface area contributed by atoms with Crippen LogP contribution in [0.3, 0.4) is 0 Å². The first kappa shape index (κ1) is 34.3. The molecule has 0 saturated carbocycles. The lowest BCUT2D eigenvalue weighted by atomic mass is 9.72. The van der Waals surface area contributed by atoms with Gasteiger partial charge in [-0.2, -0.15) is 0 Å². The molecule has 3 atom stereocenters. The smallest absolute Gasteiger partial charge is 0.288 e. The van der Waals surface area contributed by atoms with Crippen LogP contribution in [0, 0.1) is 11.8 Å². The Hall–Kier alpha value is -5.49. The fourth-order valence-electron chi connectivity index (χ4n) is 8.32. The first-order valence-corrected chi connectivity index (χ1v) is 19.2. The first-order valence-electron chi connectivity index (χ1n) is 18.0. The van der Waals surface area contributed by atoms with Gasteiger partial charge < -0.3 is 39.7 Å². The van der Waals surface area contributed by atoms with Crippen molar-refractivity contribution < 1.29 is 32.9 Å². The monoisotopic (exact) mass is 746 g/mol. The van der Waals surface area contributed by atoms with E-state index in [0.29, 0.717) is 65.1 Å². The van der Waals surface area contributed by atoms with Gasteiger partial charge in [0, 0.05) is 52.4 Å². The average molecular weight is 747 g/mol. The molecular weight excluding hydrogens is 707 g/mol. The predicted molar refractivity (Wildman–Crippen MR) is 202 cm³/mol. The second kappa shape index (κ2) is 12.5. The van der Waals surface area contributed by atoms with Crippen LogP contribution in [0.2, 0.25) is 0 Å². The molecule has 6 N–H and O–H groups in total. The summed E-state index contributed by atoms with van der Waals surface area (Å²) in [5, 5.41) is 7.70. The van der Waals surface area contributed by atoms with Gasteiger partial charge in [-0.3, -0.25) is 13.9 Å². The number of ether oxygens (including phenoxy) is 1. The average Bonchev–Trinajstić information content (AvgIpc) is 3.94. The van der Waals surface area contributed by atoms with Crippen LogP contribution in [-0.2, 0) is 21.4 Å². The highest BCUT2D eigenvalue weighted by atomic mass is 31.2. The predicted octanol–water partition coefficient (Wildman–Crippen LogP) is 6.75. The Kier molecular flexibility index (Phi) is 7.97. The molecule has 10 bridgehead atoms. The number of anilines is 1. The standard InChI is InChI=1S/C35H28N5O6P.C5H11NO/c1-16(2)28-33-38-30-31(46-33)35-21-7-3-6-19(29(21)39-34(35)45-24-11-9-17(13-22(24)35)10-12-26(41)37-28)18-5-4-8-23-27(18)20(15-40(23)47(42)43)25-14-36-32(30)44-25;1-4(2)3-5(6)7/h3-9,11,13-16,28,34,39,42-43H,10,12H2,1-2H3,(H,37,41);4H,3H2,1-2H3,(H2,6,7). The maximum atomic E-state index is 13.2. The van der Waals surface area contributed by atoms with Crippen LogP contribution in [-0.4, -0.2) is 42.1 Å². The number of nitrogens with two attached hydrogens (primary N) is 1. The number of nitrogens with one attached hydrogen (secondary N) is 2. The van der Waals surface area contributed by atoms with Gasteiger partial charge in [-0.15, -0.1) is 0 Å². The second-order valence-electron chi connectivity index (χ2n) is 15.0. The lowest BCUT2D eigenvalue weighted by molar-refractivity contribution is -0.122. The fourth-order valence-corrected chi connectivity index (χ4v) is 8.90. The Morgan fingerprint density at radius 1 is 1.02 bits per heavy atom. The molecule has 0 radical (unpaired) electrons. The van der Waals surface area contributed by atoms with E-state index in [0.717, 1.165) is 38.9 Å². The van der Waals surface area contributed by atoms with E-state index in [1.54, 1.807) is 12.4 Å². The van der Waals surface area contributed by atoms with Crippen LogP contribution in [0.15, 0.2) is 75.8 Å². The topological polar surface area (TPSA) is 191 Å². The number of oxazole rings is 2. The van der Waals surface area contributed by atoms with Crippen LogP contribution in [0.25, 0.3) is 44.9 Å². The molecule has 3 aromatic carbocycles. The van der Waals surface area contributed by atoms with Crippen LogP contribution in [0.4, 0.5) is 5.69 Å². The number of aryl methyl sites for hydroxylation is 1. The molecule has 2 amide bonds. The molecule has 6 aromatic rings. The molecule has 13 nitrogen and oxygen atoms in total. The van der Waals surface area contributed by atoms with E-state index in [1.807, 2.05) is 64.1 Å². The normalized spacial score (nSPS) is 20.1. The van der Waals surface area contributed by atoms with Gasteiger partial charge in [0.1, 0.15) is 17.2 Å². The molecule has 3 unspecified atom stereocenters. The van der Waals surface area contributed by atoms with Gasteiger partial charge in [0.15, 0.2) is 23.4 Å². The van der Waals surface area contributed by atoms with Crippen molar-refractivity contribution in [2.45, 2.75) is 64.6 Å². The maximum Gasteiger partial charge on any atom is 0.288 e. The number of aromatic nitrogens is 3. The van der Waals surface area contributed by atoms with Crippen LogP contribution >= 0.6 is 8.53 Å². The van der Waals surface area contributed by atoms with E-state index in [4.69, 9.17) is 29.3 Å². The highest BCUT2D eigenvalue weighted by Crippen LogP contribution is 2.61. The summed E-state index contributed by atoms with van der Waals surface area (Å²) in [5.74, 6) is 2.34. The summed E-state index contributed by atoms with van der Waals surface area (Å²) in [5.41, 5.74) is 11.1. The van der Waals surface area contributed by atoms with E-state index < -0.39 is 26.2 Å². The summed E-state index contributed by atoms with van der Waals surface area (Å²) in [7, 11) is -2.48. The summed E-state index contributed by atoms with van der Waals surface area (Å²) in [6.07, 6.45) is 4.11. The van der Waals surface area contributed by atoms with E-state index >= 15 is 0 Å². The van der Waals surface area contributed by atoms with Gasteiger partial charge in [0.05, 0.1) is 11.7 Å². The number of para-hydroxylation sites is 1. The van der Waals surface area contributed by atoms with Gasteiger partial charge >= 0.3 is 0 Å². The van der Waals surface area contributed by atoms with Crippen LogP contribution < -0.4 is 21.1 Å². The zero-order valence-electron chi connectivity index (χ0n) is 30.1.